The number of aliphatic imine (C=N–C) groups is 1. The van der Waals surface area contributed by atoms with Gasteiger partial charge in [-0.3, -0.25) is 0 Å². The number of rotatable bonds is 3. The first-order chi connectivity index (χ1) is 11.1. The molecule has 0 amide bonds. The van der Waals surface area contributed by atoms with Crippen molar-refractivity contribution >= 4 is 45.9 Å². The zero-order valence-corrected chi connectivity index (χ0v) is 16.8. The molecule has 0 aliphatic carbocycles. The molecule has 1 atom stereocenters. The summed E-state index contributed by atoms with van der Waals surface area (Å²) in [5.74, 6) is 0.920. The summed E-state index contributed by atoms with van der Waals surface area (Å²) in [5.41, 5.74) is 7.81. The molecule has 7 heteroatoms. The quantitative estimate of drug-likeness (QED) is 0.374. The van der Waals surface area contributed by atoms with Crippen LogP contribution in [0.5, 0.6) is 5.75 Å². The van der Waals surface area contributed by atoms with Crippen LogP contribution in [0.4, 0.5) is 4.39 Å². The van der Waals surface area contributed by atoms with Crippen LogP contribution in [-0.2, 0) is 6.54 Å². The van der Waals surface area contributed by atoms with Gasteiger partial charge in [-0.1, -0.05) is 34.1 Å². The predicted molar refractivity (Wildman–Crippen MR) is 107 cm³/mol. The largest absolute Gasteiger partial charge is 0.493 e. The third-order valence-corrected chi connectivity index (χ3v) is 4.48. The summed E-state index contributed by atoms with van der Waals surface area (Å²) < 4.78 is 19.7. The van der Waals surface area contributed by atoms with Crippen LogP contribution in [0.3, 0.4) is 0 Å². The molecule has 0 saturated carbocycles. The molecular formula is C17H18BrFIN3O. The molecule has 0 radical (unpaired) electrons. The van der Waals surface area contributed by atoms with Crippen LogP contribution in [0.15, 0.2) is 51.9 Å². The second-order valence-electron chi connectivity index (χ2n) is 5.31. The maximum absolute atomic E-state index is 13.3. The highest BCUT2D eigenvalue weighted by atomic mass is 127. The van der Waals surface area contributed by atoms with E-state index in [9.17, 15) is 4.39 Å². The van der Waals surface area contributed by atoms with Crippen LogP contribution in [0.1, 0.15) is 23.6 Å². The first-order valence-corrected chi connectivity index (χ1v) is 8.15. The monoisotopic (exact) mass is 505 g/mol. The summed E-state index contributed by atoms with van der Waals surface area (Å²) in [6.45, 7) is 0.944. The number of hydrogen-bond donors (Lipinski definition) is 2. The van der Waals surface area contributed by atoms with Gasteiger partial charge in [-0.05, 0) is 29.8 Å². The minimum Gasteiger partial charge on any atom is -0.493 e. The predicted octanol–water partition coefficient (Wildman–Crippen LogP) is 4.13. The van der Waals surface area contributed by atoms with E-state index in [0.29, 0.717) is 19.1 Å². The fraction of sp³-hybridized carbons (Fsp3) is 0.235. The standard InChI is InChI=1S/C17H17BrFN3O.HI/c18-14-6-5-12(19)9-11(14)10-21-17(20)22-15-7-8-23-16-4-2-1-3-13(15)16;/h1-6,9,15H,7-8,10H2,(H3,20,21,22);1H. The number of guanidine groups is 1. The van der Waals surface area contributed by atoms with Crippen molar-refractivity contribution in [1.82, 2.24) is 5.32 Å². The fourth-order valence-electron chi connectivity index (χ4n) is 2.55. The number of nitrogens with two attached hydrogens (primary N) is 1. The maximum atomic E-state index is 13.3. The van der Waals surface area contributed by atoms with Crippen molar-refractivity contribution in [2.45, 2.75) is 19.0 Å². The molecule has 2 aromatic carbocycles. The molecule has 24 heavy (non-hydrogen) atoms. The van der Waals surface area contributed by atoms with Gasteiger partial charge in [-0.25, -0.2) is 9.38 Å². The smallest absolute Gasteiger partial charge is 0.189 e. The number of para-hydroxylation sites is 1. The Bertz CT molecular complexity index is 742. The Labute approximate surface area is 165 Å². The van der Waals surface area contributed by atoms with E-state index in [2.05, 4.69) is 26.2 Å². The van der Waals surface area contributed by atoms with E-state index < -0.39 is 0 Å². The van der Waals surface area contributed by atoms with Crippen molar-refractivity contribution in [1.29, 1.82) is 0 Å². The van der Waals surface area contributed by atoms with E-state index in [1.54, 1.807) is 6.07 Å². The molecule has 0 saturated heterocycles. The molecule has 0 spiro atoms. The summed E-state index contributed by atoms with van der Waals surface area (Å²) in [5, 5.41) is 3.22. The molecular weight excluding hydrogens is 488 g/mol. The zero-order chi connectivity index (χ0) is 16.2. The molecule has 1 aliphatic rings. The van der Waals surface area contributed by atoms with Crippen LogP contribution in [-0.4, -0.2) is 12.6 Å². The Balaban J connectivity index is 0.00000208. The third kappa shape index (κ3) is 4.60. The van der Waals surface area contributed by atoms with Crippen molar-refractivity contribution < 1.29 is 9.13 Å². The highest BCUT2D eigenvalue weighted by Crippen LogP contribution is 2.31. The molecule has 4 nitrogen and oxygen atoms in total. The summed E-state index contributed by atoms with van der Waals surface area (Å²) in [7, 11) is 0. The Hall–Kier alpha value is -1.35. The van der Waals surface area contributed by atoms with Crippen LogP contribution < -0.4 is 15.8 Å². The number of nitrogens with one attached hydrogen (secondary N) is 1. The summed E-state index contributed by atoms with van der Waals surface area (Å²) in [4.78, 5) is 4.31. The zero-order valence-electron chi connectivity index (χ0n) is 12.8. The Kier molecular flexibility index (Phi) is 6.85. The van der Waals surface area contributed by atoms with Crippen molar-refractivity contribution in [2.24, 2.45) is 10.7 Å². The summed E-state index contributed by atoms with van der Waals surface area (Å²) in [6.07, 6.45) is 0.816. The van der Waals surface area contributed by atoms with E-state index in [4.69, 9.17) is 10.5 Å². The van der Waals surface area contributed by atoms with Crippen molar-refractivity contribution in [3.05, 3.63) is 63.9 Å². The van der Waals surface area contributed by atoms with E-state index in [1.165, 1.54) is 12.1 Å². The van der Waals surface area contributed by atoms with Crippen LogP contribution in [0.25, 0.3) is 0 Å². The Morgan fingerprint density at radius 3 is 2.96 bits per heavy atom. The average Bonchev–Trinajstić information content (AvgIpc) is 2.56. The topological polar surface area (TPSA) is 59.6 Å². The Morgan fingerprint density at radius 2 is 2.12 bits per heavy atom. The minimum atomic E-state index is -0.289. The second-order valence-corrected chi connectivity index (χ2v) is 6.16. The number of fused-ring (bicyclic) bond motifs is 1. The van der Waals surface area contributed by atoms with Gasteiger partial charge in [-0.15, -0.1) is 24.0 Å². The molecule has 128 valence electrons. The van der Waals surface area contributed by atoms with Gasteiger partial charge in [0.05, 0.1) is 19.2 Å². The van der Waals surface area contributed by atoms with Gasteiger partial charge < -0.3 is 15.8 Å². The molecule has 3 N–H and O–H groups in total. The first-order valence-electron chi connectivity index (χ1n) is 7.35. The number of halogens is 3. The van der Waals surface area contributed by atoms with Crippen LogP contribution in [0.2, 0.25) is 0 Å². The lowest BCUT2D eigenvalue weighted by atomic mass is 10.0. The van der Waals surface area contributed by atoms with E-state index in [1.807, 2.05) is 24.3 Å². The normalized spacial score (nSPS) is 16.6. The van der Waals surface area contributed by atoms with E-state index >= 15 is 0 Å². The molecule has 3 rings (SSSR count). The van der Waals surface area contributed by atoms with Gasteiger partial charge >= 0.3 is 0 Å². The van der Waals surface area contributed by atoms with Crippen LogP contribution >= 0.6 is 39.9 Å². The van der Waals surface area contributed by atoms with Gasteiger partial charge in [0.25, 0.3) is 0 Å². The molecule has 1 heterocycles. The van der Waals surface area contributed by atoms with Crippen LogP contribution in [0, 0.1) is 5.82 Å². The van der Waals surface area contributed by atoms with Gasteiger partial charge in [0.15, 0.2) is 5.96 Å². The average molecular weight is 506 g/mol. The molecule has 1 aliphatic heterocycles. The number of hydrogen-bond acceptors (Lipinski definition) is 2. The molecule has 0 fully saturated rings. The van der Waals surface area contributed by atoms with Gasteiger partial charge in [-0.2, -0.15) is 0 Å². The van der Waals surface area contributed by atoms with Crippen molar-refractivity contribution in [3.8, 4) is 5.75 Å². The lowest BCUT2D eigenvalue weighted by Gasteiger charge is -2.26. The summed E-state index contributed by atoms with van der Waals surface area (Å²) in [6, 6.07) is 12.5. The SMILES string of the molecule is I.NC(=NCc1cc(F)ccc1Br)NC1CCOc2ccccc21. The highest BCUT2D eigenvalue weighted by Gasteiger charge is 2.21. The summed E-state index contributed by atoms with van der Waals surface area (Å²) >= 11 is 3.39. The Morgan fingerprint density at radius 1 is 1.33 bits per heavy atom. The maximum Gasteiger partial charge on any atom is 0.189 e. The van der Waals surface area contributed by atoms with E-state index in [-0.39, 0.29) is 35.8 Å². The molecule has 0 aromatic heterocycles. The number of nitrogens with zero attached hydrogens (tertiary/aromatic N) is 1. The van der Waals surface area contributed by atoms with E-state index in [0.717, 1.165) is 27.8 Å². The lowest BCUT2D eigenvalue weighted by molar-refractivity contribution is 0.262. The second kappa shape index (κ2) is 8.66. The fourth-order valence-corrected chi connectivity index (χ4v) is 2.92. The molecule has 0 bridgehead atoms. The third-order valence-electron chi connectivity index (χ3n) is 3.71. The van der Waals surface area contributed by atoms with Crippen molar-refractivity contribution in [2.75, 3.05) is 6.61 Å². The van der Waals surface area contributed by atoms with Gasteiger partial charge in [0.1, 0.15) is 11.6 Å². The lowest BCUT2D eigenvalue weighted by Crippen LogP contribution is -2.37. The van der Waals surface area contributed by atoms with Gasteiger partial charge in [0, 0.05) is 16.5 Å². The first kappa shape index (κ1) is 19.0. The van der Waals surface area contributed by atoms with Gasteiger partial charge in [0.2, 0.25) is 0 Å². The molecule has 1 unspecified atom stereocenters. The molecule has 2 aromatic rings. The number of ether oxygens (including phenoxy) is 1. The van der Waals surface area contributed by atoms with Crippen molar-refractivity contribution in [3.63, 3.8) is 0 Å². The highest BCUT2D eigenvalue weighted by molar-refractivity contribution is 14.0. The minimum absolute atomic E-state index is 0. The number of benzene rings is 2.